The lowest BCUT2D eigenvalue weighted by Crippen LogP contribution is -2.51. The maximum atomic E-state index is 13.3. The van der Waals surface area contributed by atoms with E-state index in [2.05, 4.69) is 5.32 Å². The van der Waals surface area contributed by atoms with Crippen LogP contribution in [0, 0.1) is 0 Å². The molecule has 0 aliphatic carbocycles. The van der Waals surface area contributed by atoms with E-state index in [-0.39, 0.29) is 30.3 Å². The number of hydrogen-bond donors (Lipinski definition) is 1. The molecule has 0 heterocycles. The summed E-state index contributed by atoms with van der Waals surface area (Å²) in [7, 11) is -3.45. The van der Waals surface area contributed by atoms with Crippen LogP contribution in [0.1, 0.15) is 64.5 Å². The number of nitrogens with one attached hydrogen (secondary N) is 1. The average Bonchev–Trinajstić information content (AvgIpc) is 2.84. The first-order valence-corrected chi connectivity index (χ1v) is 16.1. The van der Waals surface area contributed by atoms with Gasteiger partial charge in [-0.1, -0.05) is 50.4 Å². The Bertz CT molecular complexity index is 1250. The minimum Gasteiger partial charge on any atom is -0.811 e. The second-order valence-corrected chi connectivity index (χ2v) is 14.0. The topological polar surface area (TPSA) is 120 Å². The van der Waals surface area contributed by atoms with Crippen LogP contribution in [0.5, 0.6) is 5.75 Å². The van der Waals surface area contributed by atoms with Gasteiger partial charge in [0.25, 0.3) is 0 Å². The van der Waals surface area contributed by atoms with Crippen LogP contribution < -0.4 is 19.8 Å². The summed E-state index contributed by atoms with van der Waals surface area (Å²) in [5.74, 6) is 0.210. The lowest BCUT2D eigenvalue weighted by atomic mass is 9.84. The van der Waals surface area contributed by atoms with E-state index in [0.717, 1.165) is 23.9 Å². The zero-order valence-electron chi connectivity index (χ0n) is 24.1. The normalized spacial score (nSPS) is 13.9. The van der Waals surface area contributed by atoms with Gasteiger partial charge in [0.2, 0.25) is 0 Å². The largest absolute Gasteiger partial charge is 0.811 e. The first-order valence-electron chi connectivity index (χ1n) is 13.2. The number of benzene rings is 2. The van der Waals surface area contributed by atoms with Gasteiger partial charge in [0, 0.05) is 22.6 Å². The van der Waals surface area contributed by atoms with Gasteiger partial charge in [-0.2, -0.15) is 13.2 Å². The number of carbonyl (C=O) groups is 1. The molecule has 0 saturated heterocycles. The molecule has 236 valence electrons. The fraction of sp³-hybridized carbons (Fsp3) is 0.536. The molecule has 2 aromatic rings. The smallest absolute Gasteiger partial charge is 0.416 e. The monoisotopic (exact) mass is 653 g/mol. The second kappa shape index (κ2) is 15.2. The predicted molar refractivity (Wildman–Crippen MR) is 152 cm³/mol. The summed E-state index contributed by atoms with van der Waals surface area (Å²) in [6, 6.07) is 8.16. The van der Waals surface area contributed by atoms with E-state index >= 15 is 0 Å². The summed E-state index contributed by atoms with van der Waals surface area (Å²) < 4.78 is 67.2. The Kier molecular flexibility index (Phi) is 13.1. The van der Waals surface area contributed by atoms with Gasteiger partial charge in [-0.15, -0.1) is 0 Å². The Morgan fingerprint density at radius 2 is 1.76 bits per heavy atom. The van der Waals surface area contributed by atoms with Crippen LogP contribution >= 0.6 is 31.0 Å². The van der Waals surface area contributed by atoms with Crippen molar-refractivity contribution in [3.63, 3.8) is 0 Å². The van der Waals surface area contributed by atoms with E-state index < -0.39 is 42.7 Å². The van der Waals surface area contributed by atoms with Crippen molar-refractivity contribution in [2.45, 2.75) is 86.9 Å². The van der Waals surface area contributed by atoms with Crippen molar-refractivity contribution in [2.75, 3.05) is 20.1 Å². The van der Waals surface area contributed by atoms with Gasteiger partial charge in [0.05, 0.1) is 10.5 Å². The highest BCUT2D eigenvalue weighted by molar-refractivity contribution is 7.99. The van der Waals surface area contributed by atoms with Crippen molar-refractivity contribution in [1.29, 1.82) is 0 Å². The van der Waals surface area contributed by atoms with E-state index in [0.29, 0.717) is 34.7 Å². The van der Waals surface area contributed by atoms with E-state index in [1.807, 2.05) is 6.92 Å². The minimum atomic E-state index is -4.85. The zero-order chi connectivity index (χ0) is 31.8. The molecule has 0 aromatic heterocycles. The molecule has 14 heteroatoms. The molecule has 0 bridgehead atoms. The minimum absolute atomic E-state index is 0.101. The summed E-state index contributed by atoms with van der Waals surface area (Å²) >= 11 is 7.61. The van der Waals surface area contributed by atoms with E-state index in [9.17, 15) is 32.3 Å². The van der Waals surface area contributed by atoms with Gasteiger partial charge in [0.1, 0.15) is 11.4 Å². The van der Waals surface area contributed by atoms with Gasteiger partial charge in [-0.05, 0) is 88.5 Å². The molecule has 0 saturated carbocycles. The first kappa shape index (κ1) is 36.2. The molecule has 0 fully saturated rings. The van der Waals surface area contributed by atoms with E-state index in [4.69, 9.17) is 25.8 Å². The van der Waals surface area contributed by atoms with Crippen molar-refractivity contribution in [1.82, 2.24) is 5.32 Å². The standard InChI is InChI=1S/C28H38ClF3NO7PS/c1-6-12-27(14-15-41(35,36)37,33-25(34)40-26(2,3)4)13-11-19-7-9-21(17-22(19)29)42-24-16-20(28(30,31)32)8-10-23(24)39-18-38-5/h7-10,16-17H,6,11-15,18H2,1-5H3,(H,33,34)(H2,35,36,37)/p-2/t27-/m0/s1. The summed E-state index contributed by atoms with van der Waals surface area (Å²) in [5.41, 5.74) is -2.01. The fourth-order valence-corrected chi connectivity index (χ4v) is 6.23. The second-order valence-electron chi connectivity index (χ2n) is 10.8. The number of hydrogen-bond acceptors (Lipinski definition) is 8. The SMILES string of the molecule is CCC[C@](CCc1ccc(Sc2cc(C(F)(F)F)ccc2OCOC)cc1Cl)(CCP(=O)([O-])[O-])NC(=O)OC(C)(C)C. The average molecular weight is 654 g/mol. The van der Waals surface area contributed by atoms with Crippen molar-refractivity contribution in [3.8, 4) is 5.75 Å². The summed E-state index contributed by atoms with van der Waals surface area (Å²) in [4.78, 5) is 36.4. The highest BCUT2D eigenvalue weighted by Gasteiger charge is 2.33. The fourth-order valence-electron chi connectivity index (χ4n) is 4.21. The van der Waals surface area contributed by atoms with Crippen LogP contribution in [0.15, 0.2) is 46.2 Å². The van der Waals surface area contributed by atoms with Gasteiger partial charge in [0.15, 0.2) is 6.79 Å². The van der Waals surface area contributed by atoms with Gasteiger partial charge >= 0.3 is 12.3 Å². The Balaban J connectivity index is 2.31. The van der Waals surface area contributed by atoms with Crippen LogP contribution in [0.2, 0.25) is 5.02 Å². The van der Waals surface area contributed by atoms with Gasteiger partial charge in [-0.25, -0.2) is 4.79 Å². The highest BCUT2D eigenvalue weighted by Crippen LogP contribution is 2.41. The molecule has 2 aromatic carbocycles. The van der Waals surface area contributed by atoms with Crippen LogP contribution in [-0.2, 0) is 26.6 Å². The summed E-state index contributed by atoms with van der Waals surface area (Å²) in [6.45, 7) is 6.81. The molecule has 1 N–H and O–H groups in total. The summed E-state index contributed by atoms with van der Waals surface area (Å²) in [6.07, 6.45) is -4.47. The number of amides is 1. The van der Waals surface area contributed by atoms with Crippen molar-refractivity contribution in [2.24, 2.45) is 0 Å². The van der Waals surface area contributed by atoms with Crippen LogP contribution in [0.4, 0.5) is 18.0 Å². The number of aryl methyl sites for hydroxylation is 1. The maximum Gasteiger partial charge on any atom is 0.416 e. The van der Waals surface area contributed by atoms with Crippen molar-refractivity contribution < 1.29 is 46.5 Å². The molecule has 0 aliphatic heterocycles. The van der Waals surface area contributed by atoms with E-state index in [1.54, 1.807) is 39.0 Å². The third-order valence-corrected chi connectivity index (χ3v) is 8.24. The van der Waals surface area contributed by atoms with Crippen LogP contribution in [0.25, 0.3) is 0 Å². The number of alkyl carbamates (subject to hydrolysis) is 1. The molecular weight excluding hydrogens is 618 g/mol. The maximum absolute atomic E-state index is 13.3. The Hall–Kier alpha value is -1.95. The predicted octanol–water partition coefficient (Wildman–Crippen LogP) is 6.79. The molecule has 42 heavy (non-hydrogen) atoms. The van der Waals surface area contributed by atoms with Crippen molar-refractivity contribution in [3.05, 3.63) is 52.5 Å². The molecule has 1 atom stereocenters. The van der Waals surface area contributed by atoms with Gasteiger partial charge in [-0.3, -0.25) is 0 Å². The highest BCUT2D eigenvalue weighted by atomic mass is 35.5. The molecule has 0 spiro atoms. The van der Waals surface area contributed by atoms with Crippen LogP contribution in [0.3, 0.4) is 0 Å². The van der Waals surface area contributed by atoms with E-state index in [1.165, 1.54) is 13.2 Å². The summed E-state index contributed by atoms with van der Waals surface area (Å²) in [5, 5.41) is 3.14. The lowest BCUT2D eigenvalue weighted by molar-refractivity contribution is -0.313. The number of carbonyl (C=O) groups excluding carboxylic acids is 1. The molecule has 0 aliphatic rings. The lowest BCUT2D eigenvalue weighted by Gasteiger charge is -2.39. The number of halogens is 4. The Morgan fingerprint density at radius 1 is 1.07 bits per heavy atom. The third kappa shape index (κ3) is 12.3. The number of rotatable bonds is 14. The number of methoxy groups -OCH3 is 1. The molecule has 2 rings (SSSR count). The Morgan fingerprint density at radius 3 is 2.31 bits per heavy atom. The molecule has 8 nitrogen and oxygen atoms in total. The Labute approximate surface area is 253 Å². The first-order chi connectivity index (χ1) is 19.4. The molecular formula is C28H36ClF3NO7PS-2. The van der Waals surface area contributed by atoms with Crippen molar-refractivity contribution >= 4 is 37.1 Å². The molecule has 0 radical (unpaired) electrons. The number of alkyl halides is 3. The molecule has 0 unspecified atom stereocenters. The quantitative estimate of drug-likeness (QED) is 0.175. The number of ether oxygens (including phenoxy) is 3. The molecule has 1 amide bonds. The van der Waals surface area contributed by atoms with Gasteiger partial charge < -0.3 is 33.9 Å². The third-order valence-electron chi connectivity index (χ3n) is 6.09. The van der Waals surface area contributed by atoms with Crippen LogP contribution in [-0.4, -0.2) is 37.3 Å². The zero-order valence-corrected chi connectivity index (χ0v) is 26.6.